The lowest BCUT2D eigenvalue weighted by Crippen LogP contribution is -2.32. The van der Waals surface area contributed by atoms with Gasteiger partial charge in [0.05, 0.1) is 11.9 Å². The Hall–Kier alpha value is -1.81. The normalized spacial score (nSPS) is 18.3. The maximum atomic E-state index is 4.27. The lowest BCUT2D eigenvalue weighted by molar-refractivity contribution is 0.244. The molecule has 4 nitrogen and oxygen atoms in total. The van der Waals surface area contributed by atoms with E-state index in [4.69, 9.17) is 0 Å². The number of nitrogens with zero attached hydrogens (tertiary/aromatic N) is 4. The summed E-state index contributed by atoms with van der Waals surface area (Å²) in [7, 11) is 4.07. The van der Waals surface area contributed by atoms with Gasteiger partial charge in [-0.2, -0.15) is 5.10 Å². The number of rotatable bonds is 4. The quantitative estimate of drug-likeness (QED) is 0.867. The molecule has 1 fully saturated rings. The smallest absolute Gasteiger partial charge is 0.0794 e. The fraction of sp³-hybridized carbons (Fsp3) is 0.500. The van der Waals surface area contributed by atoms with E-state index in [1.54, 1.807) is 0 Å². The molecule has 1 aromatic heterocycles. The van der Waals surface area contributed by atoms with E-state index in [9.17, 15) is 0 Å². The van der Waals surface area contributed by atoms with E-state index in [0.717, 1.165) is 18.2 Å². The van der Waals surface area contributed by atoms with Gasteiger partial charge in [-0.3, -0.25) is 9.58 Å². The van der Waals surface area contributed by atoms with Gasteiger partial charge in [0.2, 0.25) is 0 Å². The topological polar surface area (TPSA) is 24.3 Å². The largest absolute Gasteiger partial charge is 0.342 e. The first kappa shape index (κ1) is 13.8. The minimum Gasteiger partial charge on any atom is -0.342 e. The van der Waals surface area contributed by atoms with Crippen molar-refractivity contribution in [2.24, 2.45) is 13.0 Å². The van der Waals surface area contributed by atoms with E-state index in [0.29, 0.717) is 0 Å². The molecule has 0 N–H and O–H groups in total. The molecule has 2 aromatic rings. The molecule has 0 atom stereocenters. The predicted molar refractivity (Wildman–Crippen MR) is 89.4 cm³/mol. The zero-order valence-electron chi connectivity index (χ0n) is 13.5. The number of hydrogen-bond acceptors (Lipinski definition) is 3. The maximum absolute atomic E-state index is 4.27. The van der Waals surface area contributed by atoms with Gasteiger partial charge in [-0.25, -0.2) is 0 Å². The third kappa shape index (κ3) is 2.75. The number of aromatic nitrogens is 2. The maximum Gasteiger partial charge on any atom is 0.0794 e. The summed E-state index contributed by atoms with van der Waals surface area (Å²) < 4.78 is 1.85. The number of benzene rings is 1. The van der Waals surface area contributed by atoms with Gasteiger partial charge < -0.3 is 4.90 Å². The van der Waals surface area contributed by atoms with Gasteiger partial charge in [0.25, 0.3) is 0 Å². The van der Waals surface area contributed by atoms with Crippen LogP contribution in [0.1, 0.15) is 24.0 Å². The van der Waals surface area contributed by atoms with Crippen molar-refractivity contribution >= 4 is 11.4 Å². The molecule has 116 valence electrons. The van der Waals surface area contributed by atoms with Crippen molar-refractivity contribution in [3.05, 3.63) is 41.7 Å². The Kier molecular flexibility index (Phi) is 3.41. The van der Waals surface area contributed by atoms with Crippen LogP contribution < -0.4 is 4.90 Å². The fourth-order valence-electron chi connectivity index (χ4n) is 3.36. The molecule has 2 aliphatic rings. The van der Waals surface area contributed by atoms with Crippen LogP contribution in [0.2, 0.25) is 0 Å². The number of anilines is 2. The summed E-state index contributed by atoms with van der Waals surface area (Å²) >= 11 is 0. The molecule has 0 amide bonds. The minimum atomic E-state index is 0.975. The molecule has 2 heterocycles. The van der Waals surface area contributed by atoms with Crippen LogP contribution in [0.3, 0.4) is 0 Å². The van der Waals surface area contributed by atoms with Crippen LogP contribution in [0.4, 0.5) is 11.4 Å². The number of hydrogen-bond donors (Lipinski definition) is 0. The van der Waals surface area contributed by atoms with E-state index in [2.05, 4.69) is 46.3 Å². The molecule has 0 unspecified atom stereocenters. The summed E-state index contributed by atoms with van der Waals surface area (Å²) in [6, 6.07) is 6.91. The lowest BCUT2D eigenvalue weighted by atomic mass is 9.98. The highest BCUT2D eigenvalue weighted by Gasteiger charge is 2.26. The van der Waals surface area contributed by atoms with Crippen molar-refractivity contribution in [2.45, 2.75) is 25.8 Å². The van der Waals surface area contributed by atoms with E-state index in [1.807, 2.05) is 17.9 Å². The van der Waals surface area contributed by atoms with Gasteiger partial charge in [0.15, 0.2) is 0 Å². The Labute approximate surface area is 132 Å². The molecule has 0 bridgehead atoms. The van der Waals surface area contributed by atoms with Gasteiger partial charge in [0.1, 0.15) is 0 Å². The summed E-state index contributed by atoms with van der Waals surface area (Å²) in [6.07, 6.45) is 8.04. The highest BCUT2D eigenvalue weighted by molar-refractivity contribution is 5.62. The van der Waals surface area contributed by atoms with Crippen molar-refractivity contribution in [2.75, 3.05) is 25.0 Å². The Morgan fingerprint density at radius 1 is 1.23 bits per heavy atom. The van der Waals surface area contributed by atoms with E-state index < -0.39 is 0 Å². The zero-order valence-corrected chi connectivity index (χ0v) is 13.5. The number of aryl methyl sites for hydroxylation is 1. The Morgan fingerprint density at radius 3 is 2.82 bits per heavy atom. The van der Waals surface area contributed by atoms with Crippen LogP contribution in [-0.2, 0) is 20.0 Å². The standard InChI is InChI=1S/C18H24N4/c1-20-13-18(10-19-20)21(2)17-6-5-15-7-8-22(11-14-3-4-14)12-16(15)9-17/h5-6,9-10,13-14H,3-4,7-8,11-12H2,1-2H3. The van der Waals surface area contributed by atoms with E-state index in [-0.39, 0.29) is 0 Å². The third-order valence-corrected chi connectivity index (χ3v) is 4.96. The Morgan fingerprint density at radius 2 is 2.09 bits per heavy atom. The van der Waals surface area contributed by atoms with Crippen molar-refractivity contribution in [1.82, 2.24) is 14.7 Å². The van der Waals surface area contributed by atoms with Gasteiger partial charge in [-0.15, -0.1) is 0 Å². The first-order valence-corrected chi connectivity index (χ1v) is 8.25. The average molecular weight is 296 g/mol. The number of fused-ring (bicyclic) bond motifs is 1. The minimum absolute atomic E-state index is 0.975. The summed E-state index contributed by atoms with van der Waals surface area (Å²) in [6.45, 7) is 3.63. The molecular weight excluding hydrogens is 272 g/mol. The first-order chi connectivity index (χ1) is 10.7. The highest BCUT2D eigenvalue weighted by Crippen LogP contribution is 2.33. The molecule has 4 heteroatoms. The van der Waals surface area contributed by atoms with E-state index in [1.165, 1.54) is 49.2 Å². The monoisotopic (exact) mass is 296 g/mol. The molecular formula is C18H24N4. The molecule has 0 spiro atoms. The predicted octanol–water partition coefficient (Wildman–Crippen LogP) is 2.96. The molecule has 0 saturated heterocycles. The van der Waals surface area contributed by atoms with Gasteiger partial charge in [0, 0.05) is 45.6 Å². The van der Waals surface area contributed by atoms with Crippen LogP contribution in [0.25, 0.3) is 0 Å². The second-order valence-electron chi connectivity index (χ2n) is 6.81. The average Bonchev–Trinajstić information content (AvgIpc) is 3.24. The van der Waals surface area contributed by atoms with Gasteiger partial charge in [-0.05, 0) is 48.4 Å². The van der Waals surface area contributed by atoms with Crippen LogP contribution in [0, 0.1) is 5.92 Å². The molecule has 1 saturated carbocycles. The fourth-order valence-corrected chi connectivity index (χ4v) is 3.36. The molecule has 4 rings (SSSR count). The Balaban J connectivity index is 1.55. The van der Waals surface area contributed by atoms with E-state index >= 15 is 0 Å². The summed E-state index contributed by atoms with van der Waals surface area (Å²) in [4.78, 5) is 4.85. The van der Waals surface area contributed by atoms with Crippen LogP contribution in [0.5, 0.6) is 0 Å². The molecule has 0 radical (unpaired) electrons. The lowest BCUT2D eigenvalue weighted by Gasteiger charge is -2.30. The summed E-state index contributed by atoms with van der Waals surface area (Å²) in [5, 5.41) is 4.27. The summed E-state index contributed by atoms with van der Waals surface area (Å²) in [5.74, 6) is 0.975. The molecule has 1 aliphatic carbocycles. The van der Waals surface area contributed by atoms with Crippen molar-refractivity contribution < 1.29 is 0 Å². The third-order valence-electron chi connectivity index (χ3n) is 4.96. The second-order valence-corrected chi connectivity index (χ2v) is 6.81. The van der Waals surface area contributed by atoms with Crippen LogP contribution >= 0.6 is 0 Å². The highest BCUT2D eigenvalue weighted by atomic mass is 15.3. The van der Waals surface area contributed by atoms with Gasteiger partial charge in [-0.1, -0.05) is 6.07 Å². The zero-order chi connectivity index (χ0) is 15.1. The molecule has 1 aromatic carbocycles. The SMILES string of the molecule is CN(c1ccc2c(c1)CN(CC1CC1)CC2)c1cnn(C)c1. The van der Waals surface area contributed by atoms with Crippen LogP contribution in [0.15, 0.2) is 30.6 Å². The first-order valence-electron chi connectivity index (χ1n) is 8.25. The van der Waals surface area contributed by atoms with Crippen LogP contribution in [-0.4, -0.2) is 34.8 Å². The van der Waals surface area contributed by atoms with Crippen molar-refractivity contribution in [3.63, 3.8) is 0 Å². The summed E-state index contributed by atoms with van der Waals surface area (Å²) in [5.41, 5.74) is 5.41. The molecule has 1 aliphatic heterocycles. The second kappa shape index (κ2) is 5.43. The Bertz CT molecular complexity index is 671. The molecule has 22 heavy (non-hydrogen) atoms. The van der Waals surface area contributed by atoms with Gasteiger partial charge >= 0.3 is 0 Å². The van der Waals surface area contributed by atoms with Crippen molar-refractivity contribution in [3.8, 4) is 0 Å². The van der Waals surface area contributed by atoms with Crippen molar-refractivity contribution in [1.29, 1.82) is 0 Å².